The van der Waals surface area contributed by atoms with Gasteiger partial charge in [0, 0.05) is 0 Å². The fourth-order valence-electron chi connectivity index (χ4n) is 2.30. The predicted octanol–water partition coefficient (Wildman–Crippen LogP) is 0.444. The average molecular weight is 242 g/mol. The van der Waals surface area contributed by atoms with Crippen molar-refractivity contribution in [3.8, 4) is 0 Å². The zero-order chi connectivity index (χ0) is 12.9. The van der Waals surface area contributed by atoms with Crippen LogP contribution in [0.5, 0.6) is 0 Å². The molecule has 1 saturated carbocycles. The third-order valence-corrected chi connectivity index (χ3v) is 3.42. The van der Waals surface area contributed by atoms with Crippen LogP contribution in [-0.4, -0.2) is 38.1 Å². The second-order valence-electron chi connectivity index (χ2n) is 4.83. The standard InChI is InChI=1S/C12H22N2O3/c1-9-4-6-12(7-5-9,11(16)17-3)14-10(15)8-13-2/h9,13H,4-8H2,1-3H3,(H,14,15). The Hall–Kier alpha value is -1.10. The molecular formula is C12H22N2O3. The fourth-order valence-corrected chi connectivity index (χ4v) is 2.30. The molecule has 5 nitrogen and oxygen atoms in total. The first-order valence-corrected chi connectivity index (χ1v) is 6.08. The minimum Gasteiger partial charge on any atom is -0.467 e. The van der Waals surface area contributed by atoms with Gasteiger partial charge < -0.3 is 15.4 Å². The van der Waals surface area contributed by atoms with E-state index in [0.717, 1.165) is 12.8 Å². The highest BCUT2D eigenvalue weighted by atomic mass is 16.5. The van der Waals surface area contributed by atoms with Gasteiger partial charge in [-0.2, -0.15) is 0 Å². The first-order valence-electron chi connectivity index (χ1n) is 6.08. The molecular weight excluding hydrogens is 220 g/mol. The van der Waals surface area contributed by atoms with E-state index in [9.17, 15) is 9.59 Å². The summed E-state index contributed by atoms with van der Waals surface area (Å²) in [5.41, 5.74) is -0.810. The summed E-state index contributed by atoms with van der Waals surface area (Å²) in [4.78, 5) is 23.5. The Labute approximate surface area is 102 Å². The van der Waals surface area contributed by atoms with E-state index in [0.29, 0.717) is 18.8 Å². The van der Waals surface area contributed by atoms with Crippen molar-refractivity contribution >= 4 is 11.9 Å². The molecule has 5 heteroatoms. The number of carbonyl (C=O) groups excluding carboxylic acids is 2. The van der Waals surface area contributed by atoms with Crippen molar-refractivity contribution in [3.63, 3.8) is 0 Å². The normalized spacial score (nSPS) is 28.5. The van der Waals surface area contributed by atoms with Gasteiger partial charge in [-0.05, 0) is 38.6 Å². The van der Waals surface area contributed by atoms with Gasteiger partial charge in [0.1, 0.15) is 5.54 Å². The van der Waals surface area contributed by atoms with Crippen LogP contribution in [-0.2, 0) is 14.3 Å². The molecule has 0 heterocycles. The van der Waals surface area contributed by atoms with Crippen molar-refractivity contribution in [2.75, 3.05) is 20.7 Å². The highest BCUT2D eigenvalue weighted by Crippen LogP contribution is 2.32. The Bertz CT molecular complexity index is 283. The molecule has 0 atom stereocenters. The number of esters is 1. The molecule has 17 heavy (non-hydrogen) atoms. The first-order chi connectivity index (χ1) is 8.04. The van der Waals surface area contributed by atoms with Crippen LogP contribution in [0, 0.1) is 5.92 Å². The molecule has 2 N–H and O–H groups in total. The van der Waals surface area contributed by atoms with Crippen molar-refractivity contribution in [2.24, 2.45) is 5.92 Å². The Balaban J connectivity index is 2.73. The second kappa shape index (κ2) is 6.00. The van der Waals surface area contributed by atoms with Gasteiger partial charge in [-0.3, -0.25) is 4.79 Å². The molecule has 0 aromatic rings. The van der Waals surface area contributed by atoms with Gasteiger partial charge in [-0.25, -0.2) is 4.79 Å². The SMILES string of the molecule is CNCC(=O)NC1(C(=O)OC)CCC(C)CC1. The van der Waals surface area contributed by atoms with Crippen LogP contribution in [0.1, 0.15) is 32.6 Å². The summed E-state index contributed by atoms with van der Waals surface area (Å²) < 4.78 is 4.83. The van der Waals surface area contributed by atoms with Crippen LogP contribution >= 0.6 is 0 Å². The number of hydrogen-bond acceptors (Lipinski definition) is 4. The Morgan fingerprint density at radius 3 is 2.41 bits per heavy atom. The summed E-state index contributed by atoms with van der Waals surface area (Å²) in [6.07, 6.45) is 3.20. The van der Waals surface area contributed by atoms with Gasteiger partial charge in [0.05, 0.1) is 13.7 Å². The van der Waals surface area contributed by atoms with Crippen molar-refractivity contribution in [3.05, 3.63) is 0 Å². The largest absolute Gasteiger partial charge is 0.467 e. The first kappa shape index (κ1) is 14.0. The maximum Gasteiger partial charge on any atom is 0.331 e. The lowest BCUT2D eigenvalue weighted by molar-refractivity contribution is -0.153. The van der Waals surface area contributed by atoms with Crippen LogP contribution in [0.2, 0.25) is 0 Å². The number of likely N-dealkylation sites (N-methyl/N-ethyl adjacent to an activating group) is 1. The molecule has 0 bridgehead atoms. The van der Waals surface area contributed by atoms with E-state index in [2.05, 4.69) is 17.6 Å². The second-order valence-corrected chi connectivity index (χ2v) is 4.83. The summed E-state index contributed by atoms with van der Waals surface area (Å²) in [5.74, 6) is 0.121. The van der Waals surface area contributed by atoms with E-state index in [4.69, 9.17) is 4.74 Å². The predicted molar refractivity (Wildman–Crippen MR) is 64.4 cm³/mol. The third kappa shape index (κ3) is 3.43. The lowest BCUT2D eigenvalue weighted by Crippen LogP contribution is -2.58. The maximum atomic E-state index is 11.9. The number of ether oxygens (including phenoxy) is 1. The Kier molecular flexibility index (Phi) is 4.93. The van der Waals surface area contributed by atoms with E-state index in [1.807, 2.05) is 0 Å². The molecule has 0 unspecified atom stereocenters. The van der Waals surface area contributed by atoms with Crippen molar-refractivity contribution in [2.45, 2.75) is 38.1 Å². The maximum absolute atomic E-state index is 11.9. The Morgan fingerprint density at radius 2 is 1.94 bits per heavy atom. The molecule has 1 aliphatic carbocycles. The quantitative estimate of drug-likeness (QED) is 0.702. The minimum atomic E-state index is -0.810. The monoisotopic (exact) mass is 242 g/mol. The molecule has 0 aromatic heterocycles. The molecule has 0 saturated heterocycles. The highest BCUT2D eigenvalue weighted by molar-refractivity contribution is 5.88. The Morgan fingerprint density at radius 1 is 1.35 bits per heavy atom. The van der Waals surface area contributed by atoms with Crippen molar-refractivity contribution < 1.29 is 14.3 Å². The summed E-state index contributed by atoms with van der Waals surface area (Å²) in [6, 6.07) is 0. The zero-order valence-corrected chi connectivity index (χ0v) is 10.8. The molecule has 0 spiro atoms. The lowest BCUT2D eigenvalue weighted by atomic mass is 9.77. The van der Waals surface area contributed by atoms with E-state index < -0.39 is 5.54 Å². The highest BCUT2D eigenvalue weighted by Gasteiger charge is 2.43. The smallest absolute Gasteiger partial charge is 0.331 e. The van der Waals surface area contributed by atoms with Crippen LogP contribution in [0.4, 0.5) is 0 Å². The van der Waals surface area contributed by atoms with Gasteiger partial charge in [0.15, 0.2) is 0 Å². The molecule has 0 aliphatic heterocycles. The van der Waals surface area contributed by atoms with Crippen LogP contribution in [0.3, 0.4) is 0 Å². The number of nitrogens with one attached hydrogen (secondary N) is 2. The van der Waals surface area contributed by atoms with Gasteiger partial charge in [0.25, 0.3) is 0 Å². The summed E-state index contributed by atoms with van der Waals surface area (Å²) >= 11 is 0. The number of carbonyl (C=O) groups is 2. The molecule has 0 aromatic carbocycles. The lowest BCUT2D eigenvalue weighted by Gasteiger charge is -2.37. The number of rotatable bonds is 4. The number of methoxy groups -OCH3 is 1. The number of amides is 1. The minimum absolute atomic E-state index is 0.160. The summed E-state index contributed by atoms with van der Waals surface area (Å²) in [5, 5.41) is 5.60. The van der Waals surface area contributed by atoms with Gasteiger partial charge in [-0.1, -0.05) is 6.92 Å². The third-order valence-electron chi connectivity index (χ3n) is 3.42. The van der Waals surface area contributed by atoms with Crippen LogP contribution < -0.4 is 10.6 Å². The van der Waals surface area contributed by atoms with E-state index in [1.165, 1.54) is 7.11 Å². The molecule has 1 amide bonds. The molecule has 1 rings (SSSR count). The molecule has 98 valence electrons. The van der Waals surface area contributed by atoms with Gasteiger partial charge in [-0.15, -0.1) is 0 Å². The van der Waals surface area contributed by atoms with Crippen molar-refractivity contribution in [1.29, 1.82) is 0 Å². The van der Waals surface area contributed by atoms with Gasteiger partial charge >= 0.3 is 5.97 Å². The summed E-state index contributed by atoms with van der Waals surface area (Å²) in [6.45, 7) is 2.38. The van der Waals surface area contributed by atoms with E-state index >= 15 is 0 Å². The van der Waals surface area contributed by atoms with E-state index in [1.54, 1.807) is 7.05 Å². The van der Waals surface area contributed by atoms with E-state index in [-0.39, 0.29) is 18.4 Å². The topological polar surface area (TPSA) is 67.4 Å². The number of hydrogen-bond donors (Lipinski definition) is 2. The van der Waals surface area contributed by atoms with Crippen LogP contribution in [0.25, 0.3) is 0 Å². The molecule has 1 fully saturated rings. The molecule has 0 radical (unpaired) electrons. The summed E-state index contributed by atoms with van der Waals surface area (Å²) in [7, 11) is 3.07. The fraction of sp³-hybridized carbons (Fsp3) is 0.833. The average Bonchev–Trinajstić information content (AvgIpc) is 2.31. The van der Waals surface area contributed by atoms with Crippen molar-refractivity contribution in [1.82, 2.24) is 10.6 Å². The molecule has 1 aliphatic rings. The van der Waals surface area contributed by atoms with Gasteiger partial charge in [0.2, 0.25) is 5.91 Å². The van der Waals surface area contributed by atoms with Crippen LogP contribution in [0.15, 0.2) is 0 Å². The zero-order valence-electron chi connectivity index (χ0n) is 10.8.